The molecule has 114 valence electrons. The Bertz CT molecular complexity index is 806. The summed E-state index contributed by atoms with van der Waals surface area (Å²) < 4.78 is 12.4. The van der Waals surface area contributed by atoms with Crippen molar-refractivity contribution in [2.75, 3.05) is 12.3 Å². The standard InChI is InChI=1S/C17H18N2O3/c18-14-9-6-10-15-16(14)19(17(20)22-15)11-4-5-12-21-13-7-2-1-3-8-13/h1-3,6-10H,4-5,11-12,18H2. The van der Waals surface area contributed by atoms with E-state index < -0.39 is 0 Å². The van der Waals surface area contributed by atoms with Gasteiger partial charge in [-0.1, -0.05) is 24.3 Å². The van der Waals surface area contributed by atoms with Gasteiger partial charge >= 0.3 is 5.76 Å². The molecule has 1 heterocycles. The van der Waals surface area contributed by atoms with Gasteiger partial charge in [0.15, 0.2) is 5.58 Å². The molecule has 0 saturated heterocycles. The third-order valence-corrected chi connectivity index (χ3v) is 3.51. The van der Waals surface area contributed by atoms with Crippen molar-refractivity contribution in [2.24, 2.45) is 0 Å². The van der Waals surface area contributed by atoms with Crippen molar-refractivity contribution in [3.8, 4) is 5.75 Å². The highest BCUT2D eigenvalue weighted by Gasteiger charge is 2.11. The fraction of sp³-hybridized carbons (Fsp3) is 0.235. The second-order valence-electron chi connectivity index (χ2n) is 5.08. The van der Waals surface area contributed by atoms with Crippen LogP contribution in [-0.4, -0.2) is 11.2 Å². The van der Waals surface area contributed by atoms with E-state index in [1.807, 2.05) is 30.3 Å². The van der Waals surface area contributed by atoms with E-state index in [1.165, 1.54) is 0 Å². The second-order valence-corrected chi connectivity index (χ2v) is 5.08. The van der Waals surface area contributed by atoms with Crippen molar-refractivity contribution in [3.63, 3.8) is 0 Å². The van der Waals surface area contributed by atoms with Gasteiger partial charge in [0.2, 0.25) is 0 Å². The Kier molecular flexibility index (Phi) is 4.14. The predicted molar refractivity (Wildman–Crippen MR) is 86.1 cm³/mol. The van der Waals surface area contributed by atoms with Gasteiger partial charge in [0, 0.05) is 6.54 Å². The lowest BCUT2D eigenvalue weighted by atomic mass is 10.2. The van der Waals surface area contributed by atoms with Gasteiger partial charge in [0.05, 0.1) is 12.3 Å². The van der Waals surface area contributed by atoms with Gasteiger partial charge < -0.3 is 14.9 Å². The van der Waals surface area contributed by atoms with Gasteiger partial charge in [0.1, 0.15) is 11.3 Å². The molecule has 0 bridgehead atoms. The predicted octanol–water partition coefficient (Wildman–Crippen LogP) is 3.04. The van der Waals surface area contributed by atoms with Crippen LogP contribution >= 0.6 is 0 Å². The minimum absolute atomic E-state index is 0.364. The Hall–Kier alpha value is -2.69. The van der Waals surface area contributed by atoms with Crippen molar-refractivity contribution in [1.29, 1.82) is 0 Å². The van der Waals surface area contributed by atoms with Crippen LogP contribution in [0, 0.1) is 0 Å². The molecule has 0 saturated carbocycles. The summed E-state index contributed by atoms with van der Waals surface area (Å²) in [6.07, 6.45) is 1.66. The maximum Gasteiger partial charge on any atom is 0.420 e. The molecule has 0 aliphatic rings. The summed E-state index contributed by atoms with van der Waals surface area (Å²) >= 11 is 0. The topological polar surface area (TPSA) is 70.4 Å². The number of unbranched alkanes of at least 4 members (excludes halogenated alkanes) is 1. The molecule has 0 radical (unpaired) electrons. The molecular formula is C17H18N2O3. The van der Waals surface area contributed by atoms with Crippen LogP contribution in [0.15, 0.2) is 57.7 Å². The molecule has 0 fully saturated rings. The molecule has 0 spiro atoms. The van der Waals surface area contributed by atoms with E-state index in [2.05, 4.69) is 0 Å². The Labute approximate surface area is 127 Å². The van der Waals surface area contributed by atoms with E-state index in [-0.39, 0.29) is 5.76 Å². The van der Waals surface area contributed by atoms with E-state index in [0.29, 0.717) is 29.9 Å². The van der Waals surface area contributed by atoms with Gasteiger partial charge in [-0.3, -0.25) is 4.57 Å². The number of para-hydroxylation sites is 2. The van der Waals surface area contributed by atoms with Crippen LogP contribution in [-0.2, 0) is 6.54 Å². The minimum atomic E-state index is -0.364. The summed E-state index contributed by atoms with van der Waals surface area (Å²) in [5.41, 5.74) is 7.70. The number of benzene rings is 2. The van der Waals surface area contributed by atoms with E-state index in [9.17, 15) is 4.79 Å². The smallest absolute Gasteiger partial charge is 0.420 e. The Balaban J connectivity index is 1.58. The van der Waals surface area contributed by atoms with Crippen LogP contribution in [0.1, 0.15) is 12.8 Å². The number of nitrogen functional groups attached to an aromatic ring is 1. The van der Waals surface area contributed by atoms with Crippen molar-refractivity contribution >= 4 is 16.8 Å². The minimum Gasteiger partial charge on any atom is -0.494 e. The van der Waals surface area contributed by atoms with Crippen LogP contribution in [0.25, 0.3) is 11.1 Å². The van der Waals surface area contributed by atoms with E-state index in [4.69, 9.17) is 14.9 Å². The first-order valence-corrected chi connectivity index (χ1v) is 7.31. The van der Waals surface area contributed by atoms with Crippen LogP contribution < -0.4 is 16.2 Å². The highest BCUT2D eigenvalue weighted by atomic mass is 16.5. The molecule has 0 aliphatic carbocycles. The lowest BCUT2D eigenvalue weighted by Crippen LogP contribution is -2.15. The molecule has 2 N–H and O–H groups in total. The van der Waals surface area contributed by atoms with Crippen LogP contribution in [0.3, 0.4) is 0 Å². The molecule has 3 rings (SSSR count). The summed E-state index contributed by atoms with van der Waals surface area (Å²) in [4.78, 5) is 11.9. The molecule has 22 heavy (non-hydrogen) atoms. The first-order chi connectivity index (χ1) is 10.8. The number of nitrogens with zero attached hydrogens (tertiary/aromatic N) is 1. The molecular weight excluding hydrogens is 280 g/mol. The second kappa shape index (κ2) is 6.39. The number of hydrogen-bond acceptors (Lipinski definition) is 4. The van der Waals surface area contributed by atoms with E-state index in [1.54, 1.807) is 22.8 Å². The summed E-state index contributed by atoms with van der Waals surface area (Å²) in [7, 11) is 0. The maximum atomic E-state index is 11.9. The summed E-state index contributed by atoms with van der Waals surface area (Å²) in [5.74, 6) is 0.495. The molecule has 0 atom stereocenters. The molecule has 0 amide bonds. The van der Waals surface area contributed by atoms with Gasteiger partial charge in [-0.25, -0.2) is 4.79 Å². The fourth-order valence-electron chi connectivity index (χ4n) is 2.43. The van der Waals surface area contributed by atoms with Crippen LogP contribution in [0.5, 0.6) is 5.75 Å². The quantitative estimate of drug-likeness (QED) is 0.561. The molecule has 1 aromatic heterocycles. The van der Waals surface area contributed by atoms with Crippen molar-refractivity contribution in [1.82, 2.24) is 4.57 Å². The maximum absolute atomic E-state index is 11.9. The highest BCUT2D eigenvalue weighted by Crippen LogP contribution is 2.20. The van der Waals surface area contributed by atoms with E-state index >= 15 is 0 Å². The molecule has 5 heteroatoms. The summed E-state index contributed by atoms with van der Waals surface area (Å²) in [6.45, 7) is 1.18. The number of aromatic nitrogens is 1. The van der Waals surface area contributed by atoms with Gasteiger partial charge in [-0.15, -0.1) is 0 Å². The first-order valence-electron chi connectivity index (χ1n) is 7.31. The normalized spacial score (nSPS) is 10.9. The van der Waals surface area contributed by atoms with Crippen molar-refractivity contribution < 1.29 is 9.15 Å². The average Bonchev–Trinajstić information content (AvgIpc) is 2.85. The monoisotopic (exact) mass is 298 g/mol. The molecule has 5 nitrogen and oxygen atoms in total. The fourth-order valence-corrected chi connectivity index (χ4v) is 2.43. The lowest BCUT2D eigenvalue weighted by Gasteiger charge is -2.06. The highest BCUT2D eigenvalue weighted by molar-refractivity contribution is 5.85. The van der Waals surface area contributed by atoms with Gasteiger partial charge in [0.25, 0.3) is 0 Å². The van der Waals surface area contributed by atoms with Crippen molar-refractivity contribution in [2.45, 2.75) is 19.4 Å². The Morgan fingerprint density at radius 3 is 2.68 bits per heavy atom. The number of nitrogens with two attached hydrogens (primary N) is 1. The number of aryl methyl sites for hydroxylation is 1. The third-order valence-electron chi connectivity index (χ3n) is 3.51. The SMILES string of the molecule is Nc1cccc2oc(=O)n(CCCCOc3ccccc3)c12. The molecule has 0 aliphatic heterocycles. The zero-order valence-electron chi connectivity index (χ0n) is 12.2. The largest absolute Gasteiger partial charge is 0.494 e. The number of rotatable bonds is 6. The third kappa shape index (κ3) is 2.98. The lowest BCUT2D eigenvalue weighted by molar-refractivity contribution is 0.302. The summed E-state index contributed by atoms with van der Waals surface area (Å²) in [5, 5.41) is 0. The number of hydrogen-bond donors (Lipinski definition) is 1. The van der Waals surface area contributed by atoms with Crippen molar-refractivity contribution in [3.05, 3.63) is 59.1 Å². The molecule has 2 aromatic carbocycles. The zero-order chi connectivity index (χ0) is 15.4. The van der Waals surface area contributed by atoms with Crippen LogP contribution in [0.4, 0.5) is 5.69 Å². The number of fused-ring (bicyclic) bond motifs is 1. The number of oxazole rings is 1. The molecule has 3 aromatic rings. The molecule has 0 unspecified atom stereocenters. The van der Waals surface area contributed by atoms with E-state index in [0.717, 1.165) is 18.6 Å². The first kappa shape index (κ1) is 14.3. The number of anilines is 1. The average molecular weight is 298 g/mol. The van der Waals surface area contributed by atoms with Gasteiger partial charge in [-0.05, 0) is 37.1 Å². The Morgan fingerprint density at radius 1 is 1.05 bits per heavy atom. The zero-order valence-corrected chi connectivity index (χ0v) is 12.2. The number of ether oxygens (including phenoxy) is 1. The Morgan fingerprint density at radius 2 is 1.86 bits per heavy atom. The van der Waals surface area contributed by atoms with Crippen LogP contribution in [0.2, 0.25) is 0 Å². The summed E-state index contributed by atoms with van der Waals surface area (Å²) in [6, 6.07) is 15.0. The van der Waals surface area contributed by atoms with Gasteiger partial charge in [-0.2, -0.15) is 0 Å².